The summed E-state index contributed by atoms with van der Waals surface area (Å²) in [5.41, 5.74) is 7.65. The quantitative estimate of drug-likeness (QED) is 0.299. The first-order chi connectivity index (χ1) is 13.6. The molecule has 8 nitrogen and oxygen atoms in total. The third kappa shape index (κ3) is 6.48. The van der Waals surface area contributed by atoms with E-state index in [2.05, 4.69) is 10.3 Å². The zero-order chi connectivity index (χ0) is 20.5. The van der Waals surface area contributed by atoms with Gasteiger partial charge in [0.15, 0.2) is 17.5 Å². The lowest BCUT2D eigenvalue weighted by Crippen LogP contribution is -2.23. The fourth-order valence-electron chi connectivity index (χ4n) is 2.71. The van der Waals surface area contributed by atoms with Gasteiger partial charge in [-0.15, -0.1) is 24.0 Å². The van der Waals surface area contributed by atoms with Crippen LogP contribution in [0.15, 0.2) is 35.3 Å². The molecular weight excluding hydrogens is 489 g/mol. The van der Waals surface area contributed by atoms with E-state index in [4.69, 9.17) is 29.4 Å². The Morgan fingerprint density at radius 1 is 0.828 bits per heavy atom. The van der Waals surface area contributed by atoms with Gasteiger partial charge >= 0.3 is 0 Å². The molecule has 2 aromatic rings. The maximum atomic E-state index is 6.00. The number of aliphatic imine (C=N–C) groups is 1. The number of hydrogen-bond donors (Lipinski definition) is 2. The predicted molar refractivity (Wildman–Crippen MR) is 125 cm³/mol. The molecule has 0 heterocycles. The van der Waals surface area contributed by atoms with Gasteiger partial charge < -0.3 is 34.7 Å². The van der Waals surface area contributed by atoms with Crippen molar-refractivity contribution in [1.82, 2.24) is 0 Å². The molecule has 0 atom stereocenters. The van der Waals surface area contributed by atoms with Gasteiger partial charge in [-0.3, -0.25) is 4.99 Å². The summed E-state index contributed by atoms with van der Waals surface area (Å²) in [5.74, 6) is 3.56. The van der Waals surface area contributed by atoms with Gasteiger partial charge in [0, 0.05) is 36.0 Å². The van der Waals surface area contributed by atoms with Crippen molar-refractivity contribution in [2.45, 2.75) is 6.42 Å². The molecule has 0 saturated heterocycles. The van der Waals surface area contributed by atoms with E-state index < -0.39 is 0 Å². The first-order valence-corrected chi connectivity index (χ1v) is 8.64. The van der Waals surface area contributed by atoms with Crippen molar-refractivity contribution in [2.75, 3.05) is 47.4 Å². The summed E-state index contributed by atoms with van der Waals surface area (Å²) in [4.78, 5) is 4.38. The number of anilines is 1. The standard InChI is InChI=1S/C20H27N3O5.HI/c1-24-14-11-17(26-3)15(18(12-14)27-4)8-9-22-20(21)23-13-6-7-16(25-2)19(10-13)28-5;/h6-7,10-12H,8-9H2,1-5H3,(H3,21,22,23);1H. The lowest BCUT2D eigenvalue weighted by Gasteiger charge is -2.14. The van der Waals surface area contributed by atoms with Crippen molar-refractivity contribution in [3.63, 3.8) is 0 Å². The smallest absolute Gasteiger partial charge is 0.193 e. The van der Waals surface area contributed by atoms with Crippen LogP contribution in [-0.2, 0) is 6.42 Å². The van der Waals surface area contributed by atoms with E-state index in [1.807, 2.05) is 18.2 Å². The Morgan fingerprint density at radius 2 is 1.41 bits per heavy atom. The average molecular weight is 517 g/mol. The molecule has 0 unspecified atom stereocenters. The number of nitrogens with zero attached hydrogens (tertiary/aromatic N) is 1. The van der Waals surface area contributed by atoms with Gasteiger partial charge in [0.25, 0.3) is 0 Å². The fourth-order valence-corrected chi connectivity index (χ4v) is 2.71. The van der Waals surface area contributed by atoms with E-state index >= 15 is 0 Å². The molecule has 0 aliphatic carbocycles. The summed E-state index contributed by atoms with van der Waals surface area (Å²) < 4.78 is 26.7. The zero-order valence-electron chi connectivity index (χ0n) is 17.3. The highest BCUT2D eigenvalue weighted by atomic mass is 127. The van der Waals surface area contributed by atoms with Crippen LogP contribution < -0.4 is 34.7 Å². The largest absolute Gasteiger partial charge is 0.496 e. The molecule has 3 N–H and O–H groups in total. The van der Waals surface area contributed by atoms with E-state index in [0.29, 0.717) is 47.7 Å². The first kappa shape index (κ1) is 24.5. The van der Waals surface area contributed by atoms with Crippen molar-refractivity contribution in [2.24, 2.45) is 10.7 Å². The second-order valence-corrected chi connectivity index (χ2v) is 5.72. The van der Waals surface area contributed by atoms with E-state index in [0.717, 1.165) is 11.3 Å². The zero-order valence-corrected chi connectivity index (χ0v) is 19.6. The molecular formula is C20H28IN3O5. The maximum absolute atomic E-state index is 6.00. The molecule has 0 saturated carbocycles. The van der Waals surface area contributed by atoms with Gasteiger partial charge in [-0.1, -0.05) is 0 Å². The second kappa shape index (κ2) is 12.1. The summed E-state index contributed by atoms with van der Waals surface area (Å²) >= 11 is 0. The molecule has 0 amide bonds. The van der Waals surface area contributed by atoms with E-state index in [1.54, 1.807) is 47.7 Å². The predicted octanol–water partition coefficient (Wildman–Crippen LogP) is 3.32. The summed E-state index contributed by atoms with van der Waals surface area (Å²) in [6.45, 7) is 0.450. The number of hydrogen-bond acceptors (Lipinski definition) is 6. The Morgan fingerprint density at radius 3 is 1.93 bits per heavy atom. The van der Waals surface area contributed by atoms with Crippen LogP contribution in [0.3, 0.4) is 0 Å². The second-order valence-electron chi connectivity index (χ2n) is 5.72. The van der Waals surface area contributed by atoms with Crippen LogP contribution in [0.25, 0.3) is 0 Å². The molecule has 0 aromatic heterocycles. The molecule has 0 aliphatic heterocycles. The molecule has 29 heavy (non-hydrogen) atoms. The minimum atomic E-state index is 0. The summed E-state index contributed by atoms with van der Waals surface area (Å²) in [6, 6.07) is 9.04. The van der Waals surface area contributed by atoms with Gasteiger partial charge in [-0.05, 0) is 18.6 Å². The third-order valence-electron chi connectivity index (χ3n) is 4.12. The van der Waals surface area contributed by atoms with Gasteiger partial charge in [-0.2, -0.15) is 0 Å². The normalized spacial score (nSPS) is 10.6. The van der Waals surface area contributed by atoms with Gasteiger partial charge in [0.05, 0.1) is 35.5 Å². The SMILES string of the molecule is COc1cc(OC)c(CCN=C(N)Nc2ccc(OC)c(OC)c2)c(OC)c1.I. The molecule has 0 bridgehead atoms. The minimum Gasteiger partial charge on any atom is -0.496 e. The fraction of sp³-hybridized carbons (Fsp3) is 0.350. The number of ether oxygens (including phenoxy) is 5. The van der Waals surface area contributed by atoms with Crippen LogP contribution >= 0.6 is 24.0 Å². The summed E-state index contributed by atoms with van der Waals surface area (Å²) in [5, 5.41) is 3.04. The molecule has 9 heteroatoms. The van der Waals surface area contributed by atoms with Gasteiger partial charge in [-0.25, -0.2) is 0 Å². The molecule has 0 spiro atoms. The highest BCUT2D eigenvalue weighted by Crippen LogP contribution is 2.34. The van der Waals surface area contributed by atoms with Crippen LogP contribution in [0.2, 0.25) is 0 Å². The summed E-state index contributed by atoms with van der Waals surface area (Å²) in [6.07, 6.45) is 0.588. The van der Waals surface area contributed by atoms with Crippen molar-refractivity contribution >= 4 is 35.6 Å². The monoisotopic (exact) mass is 517 g/mol. The summed E-state index contributed by atoms with van der Waals surface area (Å²) in [7, 11) is 7.97. The lowest BCUT2D eigenvalue weighted by molar-refractivity contribution is 0.355. The molecule has 2 rings (SSSR count). The maximum Gasteiger partial charge on any atom is 0.193 e. The number of guanidine groups is 1. The topological polar surface area (TPSA) is 96.6 Å². The van der Waals surface area contributed by atoms with Crippen LogP contribution in [0.4, 0.5) is 5.69 Å². The van der Waals surface area contributed by atoms with Crippen LogP contribution in [0.5, 0.6) is 28.7 Å². The third-order valence-corrected chi connectivity index (χ3v) is 4.12. The number of methoxy groups -OCH3 is 5. The molecule has 0 fully saturated rings. The number of halogens is 1. The van der Waals surface area contributed by atoms with E-state index in [-0.39, 0.29) is 24.0 Å². The Balaban J connectivity index is 0.00000420. The first-order valence-electron chi connectivity index (χ1n) is 8.64. The lowest BCUT2D eigenvalue weighted by atomic mass is 10.1. The van der Waals surface area contributed by atoms with Gasteiger partial charge in [0.2, 0.25) is 0 Å². The number of nitrogens with one attached hydrogen (secondary N) is 1. The van der Waals surface area contributed by atoms with E-state index in [1.165, 1.54) is 0 Å². The average Bonchev–Trinajstić information content (AvgIpc) is 2.73. The van der Waals surface area contributed by atoms with Crippen molar-refractivity contribution < 1.29 is 23.7 Å². The van der Waals surface area contributed by atoms with Crippen molar-refractivity contribution in [3.05, 3.63) is 35.9 Å². The Labute approximate surface area is 188 Å². The Hall–Kier alpha value is -2.56. The molecule has 0 radical (unpaired) electrons. The van der Waals surface area contributed by atoms with Crippen molar-refractivity contribution in [3.8, 4) is 28.7 Å². The number of rotatable bonds is 9. The number of nitrogens with two attached hydrogens (primary N) is 1. The van der Waals surface area contributed by atoms with Crippen LogP contribution in [-0.4, -0.2) is 48.1 Å². The molecule has 2 aromatic carbocycles. The van der Waals surface area contributed by atoms with E-state index in [9.17, 15) is 0 Å². The van der Waals surface area contributed by atoms with Crippen LogP contribution in [0, 0.1) is 0 Å². The minimum absolute atomic E-state index is 0. The van der Waals surface area contributed by atoms with Gasteiger partial charge in [0.1, 0.15) is 17.2 Å². The highest BCUT2D eigenvalue weighted by Gasteiger charge is 2.13. The Kier molecular flexibility index (Phi) is 10.2. The van der Waals surface area contributed by atoms with Crippen molar-refractivity contribution in [1.29, 1.82) is 0 Å². The molecule has 0 aliphatic rings. The molecule has 160 valence electrons. The Bertz CT molecular complexity index is 805. The van der Waals surface area contributed by atoms with Crippen LogP contribution in [0.1, 0.15) is 5.56 Å². The number of benzene rings is 2. The highest BCUT2D eigenvalue weighted by molar-refractivity contribution is 14.0.